The number of fused-ring (bicyclic) bond motifs is 1. The molecule has 1 heterocycles. The number of thioether (sulfide) groups is 1. The molecule has 3 aromatic carbocycles. The highest BCUT2D eigenvalue weighted by atomic mass is 32.2. The molecule has 1 unspecified atom stereocenters. The van der Waals surface area contributed by atoms with E-state index >= 15 is 0 Å². The van der Waals surface area contributed by atoms with Crippen LogP contribution in [-0.2, 0) is 4.79 Å². The zero-order chi connectivity index (χ0) is 20.1. The lowest BCUT2D eigenvalue weighted by atomic mass is 9.91. The minimum absolute atomic E-state index is 0.0416. The molecular weight excluding hydrogens is 383 g/mol. The number of carbonyl (C=O) groups is 1. The average Bonchev–Trinajstić information content (AvgIpc) is 3.18. The minimum atomic E-state index is -0.275. The highest BCUT2D eigenvalue weighted by molar-refractivity contribution is 8.00. The van der Waals surface area contributed by atoms with Gasteiger partial charge >= 0.3 is 0 Å². The third-order valence-electron chi connectivity index (χ3n) is 4.89. The smallest absolute Gasteiger partial charge is 0.230 e. The zero-order valence-electron chi connectivity index (χ0n) is 15.8. The standard InChI is InChI=1S/C24H21FN2OS/c25-18-10-12-19(13-11-18)29-16-24(28)27-14-21(17-6-2-1-3-7-17)22-15-26-23-9-5-4-8-20(22)23/h1-13,15,21,26H,14,16H2,(H,27,28). The van der Waals surface area contributed by atoms with Crippen LogP contribution in [-0.4, -0.2) is 23.2 Å². The van der Waals surface area contributed by atoms with Crippen molar-refractivity contribution in [1.29, 1.82) is 0 Å². The summed E-state index contributed by atoms with van der Waals surface area (Å²) in [4.78, 5) is 16.6. The SMILES string of the molecule is O=C(CSc1ccc(F)cc1)NCC(c1ccccc1)c1c[nH]c2ccccc12. The van der Waals surface area contributed by atoms with E-state index in [9.17, 15) is 9.18 Å². The summed E-state index contributed by atoms with van der Waals surface area (Å²) in [7, 11) is 0. The second-order valence-corrected chi connectivity index (χ2v) is 7.85. The maximum Gasteiger partial charge on any atom is 0.230 e. The molecule has 1 aromatic heterocycles. The van der Waals surface area contributed by atoms with Crippen molar-refractivity contribution in [2.75, 3.05) is 12.3 Å². The Balaban J connectivity index is 1.47. The topological polar surface area (TPSA) is 44.9 Å². The molecule has 0 aliphatic rings. The van der Waals surface area contributed by atoms with Gasteiger partial charge in [-0.05, 0) is 41.5 Å². The van der Waals surface area contributed by atoms with Gasteiger partial charge in [-0.2, -0.15) is 0 Å². The first-order chi connectivity index (χ1) is 14.2. The first kappa shape index (κ1) is 19.3. The van der Waals surface area contributed by atoms with Crippen LogP contribution in [0.4, 0.5) is 4.39 Å². The number of rotatable bonds is 7. The van der Waals surface area contributed by atoms with E-state index in [-0.39, 0.29) is 17.6 Å². The minimum Gasteiger partial charge on any atom is -0.361 e. The van der Waals surface area contributed by atoms with Crippen LogP contribution >= 0.6 is 11.8 Å². The molecule has 3 nitrogen and oxygen atoms in total. The zero-order valence-corrected chi connectivity index (χ0v) is 16.6. The Hall–Kier alpha value is -3.05. The Labute approximate surface area is 173 Å². The number of aromatic nitrogens is 1. The van der Waals surface area contributed by atoms with E-state index in [1.807, 2.05) is 36.5 Å². The molecule has 29 heavy (non-hydrogen) atoms. The second kappa shape index (κ2) is 8.97. The lowest BCUT2D eigenvalue weighted by molar-refractivity contribution is -0.118. The molecule has 5 heteroatoms. The molecule has 4 rings (SSSR count). The number of halogens is 1. The van der Waals surface area contributed by atoms with Crippen LogP contribution in [0.1, 0.15) is 17.0 Å². The van der Waals surface area contributed by atoms with Gasteiger partial charge in [0.25, 0.3) is 0 Å². The Morgan fingerprint density at radius 3 is 2.48 bits per heavy atom. The van der Waals surface area contributed by atoms with Crippen LogP contribution in [0.2, 0.25) is 0 Å². The summed E-state index contributed by atoms with van der Waals surface area (Å²) in [6.07, 6.45) is 2.03. The summed E-state index contributed by atoms with van der Waals surface area (Å²) < 4.78 is 13.0. The Kier molecular flexibility index (Phi) is 5.96. The number of hydrogen-bond donors (Lipinski definition) is 2. The summed E-state index contributed by atoms with van der Waals surface area (Å²) >= 11 is 1.40. The van der Waals surface area contributed by atoms with Crippen molar-refractivity contribution in [1.82, 2.24) is 10.3 Å². The van der Waals surface area contributed by atoms with Crippen molar-refractivity contribution in [3.05, 3.63) is 102 Å². The van der Waals surface area contributed by atoms with Gasteiger partial charge in [0.1, 0.15) is 5.82 Å². The van der Waals surface area contributed by atoms with E-state index in [4.69, 9.17) is 0 Å². The van der Waals surface area contributed by atoms with Crippen LogP contribution in [0.25, 0.3) is 10.9 Å². The molecule has 2 N–H and O–H groups in total. The van der Waals surface area contributed by atoms with E-state index < -0.39 is 0 Å². The molecule has 0 radical (unpaired) electrons. The van der Waals surface area contributed by atoms with Crippen molar-refractivity contribution in [3.8, 4) is 0 Å². The van der Waals surface area contributed by atoms with Crippen LogP contribution in [0.15, 0.2) is 90.0 Å². The first-order valence-electron chi connectivity index (χ1n) is 9.47. The molecule has 0 spiro atoms. The summed E-state index contributed by atoms with van der Waals surface area (Å²) in [5.41, 5.74) is 3.41. The maximum absolute atomic E-state index is 13.0. The Morgan fingerprint density at radius 1 is 0.966 bits per heavy atom. The molecule has 0 bridgehead atoms. The second-order valence-electron chi connectivity index (χ2n) is 6.80. The molecule has 0 aliphatic carbocycles. The lowest BCUT2D eigenvalue weighted by Gasteiger charge is -2.18. The van der Waals surface area contributed by atoms with Gasteiger partial charge in [0, 0.05) is 34.5 Å². The molecule has 1 amide bonds. The quantitative estimate of drug-likeness (QED) is 0.408. The van der Waals surface area contributed by atoms with E-state index in [0.717, 1.165) is 21.4 Å². The maximum atomic E-state index is 13.0. The summed E-state index contributed by atoms with van der Waals surface area (Å²) in [5.74, 6) is 0.0246. The van der Waals surface area contributed by atoms with E-state index in [2.05, 4.69) is 34.6 Å². The van der Waals surface area contributed by atoms with Gasteiger partial charge in [-0.1, -0.05) is 48.5 Å². The number of para-hydroxylation sites is 1. The molecule has 0 fully saturated rings. The Morgan fingerprint density at radius 2 is 1.69 bits per heavy atom. The molecule has 1 atom stereocenters. The average molecular weight is 405 g/mol. The van der Waals surface area contributed by atoms with E-state index in [0.29, 0.717) is 12.3 Å². The van der Waals surface area contributed by atoms with Crippen LogP contribution in [0, 0.1) is 5.82 Å². The summed E-state index contributed by atoms with van der Waals surface area (Å²) in [6.45, 7) is 0.509. The number of amides is 1. The van der Waals surface area contributed by atoms with Crippen molar-refractivity contribution in [2.24, 2.45) is 0 Å². The monoisotopic (exact) mass is 404 g/mol. The molecule has 0 aliphatic heterocycles. The molecular formula is C24H21FN2OS. The van der Waals surface area contributed by atoms with Gasteiger partial charge in [-0.3, -0.25) is 4.79 Å². The van der Waals surface area contributed by atoms with Gasteiger partial charge < -0.3 is 10.3 Å². The molecule has 146 valence electrons. The van der Waals surface area contributed by atoms with Crippen LogP contribution in [0.3, 0.4) is 0 Å². The molecule has 0 saturated carbocycles. The Bertz CT molecular complexity index is 1090. The third kappa shape index (κ3) is 4.69. The van der Waals surface area contributed by atoms with Crippen molar-refractivity contribution < 1.29 is 9.18 Å². The highest BCUT2D eigenvalue weighted by Gasteiger charge is 2.19. The molecule has 0 saturated heterocycles. The predicted octanol–water partition coefficient (Wildman–Crippen LogP) is 5.35. The number of aromatic amines is 1. The van der Waals surface area contributed by atoms with Crippen LogP contribution < -0.4 is 5.32 Å². The third-order valence-corrected chi connectivity index (χ3v) is 5.90. The lowest BCUT2D eigenvalue weighted by Crippen LogP contribution is -2.30. The van der Waals surface area contributed by atoms with E-state index in [1.165, 1.54) is 29.5 Å². The number of H-pyrrole nitrogens is 1. The fraction of sp³-hybridized carbons (Fsp3) is 0.125. The largest absolute Gasteiger partial charge is 0.361 e. The van der Waals surface area contributed by atoms with E-state index in [1.54, 1.807) is 12.1 Å². The first-order valence-corrected chi connectivity index (χ1v) is 10.5. The fourth-order valence-electron chi connectivity index (χ4n) is 3.42. The van der Waals surface area contributed by atoms with Gasteiger partial charge in [-0.25, -0.2) is 4.39 Å². The summed E-state index contributed by atoms with van der Waals surface area (Å²) in [5, 5.41) is 4.23. The predicted molar refractivity (Wildman–Crippen MR) is 117 cm³/mol. The number of hydrogen-bond acceptors (Lipinski definition) is 2. The van der Waals surface area contributed by atoms with Gasteiger partial charge in [-0.15, -0.1) is 11.8 Å². The van der Waals surface area contributed by atoms with Gasteiger partial charge in [0.15, 0.2) is 0 Å². The molecule has 4 aromatic rings. The van der Waals surface area contributed by atoms with Gasteiger partial charge in [0.05, 0.1) is 5.75 Å². The number of carbonyl (C=O) groups excluding carboxylic acids is 1. The van der Waals surface area contributed by atoms with Gasteiger partial charge in [0.2, 0.25) is 5.91 Å². The number of benzene rings is 3. The van der Waals surface area contributed by atoms with Crippen LogP contribution in [0.5, 0.6) is 0 Å². The number of nitrogens with one attached hydrogen (secondary N) is 2. The van der Waals surface area contributed by atoms with Crippen molar-refractivity contribution in [2.45, 2.75) is 10.8 Å². The normalized spacial score (nSPS) is 12.0. The highest BCUT2D eigenvalue weighted by Crippen LogP contribution is 2.30. The fourth-order valence-corrected chi connectivity index (χ4v) is 4.15. The summed E-state index contributed by atoms with van der Waals surface area (Å²) in [6, 6.07) is 24.6. The van der Waals surface area contributed by atoms with Crippen molar-refractivity contribution in [3.63, 3.8) is 0 Å². The van der Waals surface area contributed by atoms with Crippen molar-refractivity contribution >= 4 is 28.6 Å².